The number of amides is 1. The van der Waals surface area contributed by atoms with Gasteiger partial charge in [-0.2, -0.15) is 0 Å². The summed E-state index contributed by atoms with van der Waals surface area (Å²) in [5.41, 5.74) is 1.41. The number of anilines is 1. The number of carbonyl (C=O) groups is 2. The van der Waals surface area contributed by atoms with Crippen molar-refractivity contribution in [1.82, 2.24) is 0 Å². The summed E-state index contributed by atoms with van der Waals surface area (Å²) in [7, 11) is 0. The number of benzene rings is 2. The molecule has 102 valence electrons. The zero-order valence-corrected chi connectivity index (χ0v) is 13.8. The summed E-state index contributed by atoms with van der Waals surface area (Å²) >= 11 is 2.96. The zero-order chi connectivity index (χ0) is 14.4. The second-order valence-corrected chi connectivity index (χ2v) is 6.90. The van der Waals surface area contributed by atoms with Crippen LogP contribution in [0.5, 0.6) is 0 Å². The summed E-state index contributed by atoms with van der Waals surface area (Å²) in [6, 6.07) is 16.4. The van der Waals surface area contributed by atoms with Crippen molar-refractivity contribution in [3.63, 3.8) is 0 Å². The van der Waals surface area contributed by atoms with Gasteiger partial charge in [0.25, 0.3) is 0 Å². The van der Waals surface area contributed by atoms with Crippen molar-refractivity contribution in [2.45, 2.75) is 5.32 Å². The van der Waals surface area contributed by atoms with Crippen molar-refractivity contribution in [3.05, 3.63) is 64.6 Å². The number of nitrogens with one attached hydrogen (secondary N) is 1. The molecule has 0 atom stereocenters. The Morgan fingerprint density at radius 2 is 1.65 bits per heavy atom. The SMILES string of the molecule is O=C(C[Se]C(=O)c1ccccc1)Nc1ccc(Br)cc1. The van der Waals surface area contributed by atoms with Gasteiger partial charge in [-0.25, -0.2) is 0 Å². The van der Waals surface area contributed by atoms with Crippen LogP contribution < -0.4 is 5.32 Å². The molecule has 5 heteroatoms. The molecule has 0 aliphatic heterocycles. The maximum atomic E-state index is 11.9. The Morgan fingerprint density at radius 3 is 2.30 bits per heavy atom. The van der Waals surface area contributed by atoms with Crippen LogP contribution in [0.15, 0.2) is 59.1 Å². The fourth-order valence-electron chi connectivity index (χ4n) is 1.52. The molecule has 0 saturated carbocycles. The zero-order valence-electron chi connectivity index (χ0n) is 10.5. The van der Waals surface area contributed by atoms with Gasteiger partial charge in [0, 0.05) is 0 Å². The summed E-state index contributed by atoms with van der Waals surface area (Å²) in [4.78, 5) is 23.7. The van der Waals surface area contributed by atoms with Crippen molar-refractivity contribution in [1.29, 1.82) is 0 Å². The van der Waals surface area contributed by atoms with Crippen molar-refractivity contribution in [3.8, 4) is 0 Å². The second kappa shape index (κ2) is 7.39. The van der Waals surface area contributed by atoms with Gasteiger partial charge in [-0.1, -0.05) is 0 Å². The van der Waals surface area contributed by atoms with Gasteiger partial charge in [0.15, 0.2) is 0 Å². The minimum absolute atomic E-state index is 0.0454. The van der Waals surface area contributed by atoms with E-state index in [1.807, 2.05) is 42.5 Å². The quantitative estimate of drug-likeness (QED) is 0.787. The van der Waals surface area contributed by atoms with Crippen LogP contribution in [0.1, 0.15) is 10.4 Å². The Bertz CT molecular complexity index is 599. The predicted octanol–water partition coefficient (Wildman–Crippen LogP) is 3.35. The summed E-state index contributed by atoms with van der Waals surface area (Å²) < 4.78 is 1.00. The van der Waals surface area contributed by atoms with E-state index in [2.05, 4.69) is 21.2 Å². The average molecular weight is 397 g/mol. The van der Waals surface area contributed by atoms with Gasteiger partial charge in [0.1, 0.15) is 0 Å². The molecule has 0 aromatic heterocycles. The number of hydrogen-bond acceptors (Lipinski definition) is 2. The van der Waals surface area contributed by atoms with Crippen LogP contribution in [0, 0.1) is 0 Å². The Hall–Kier alpha value is -1.42. The standard InChI is InChI=1S/C15H12BrNO2Se/c16-12-6-8-13(9-7-12)17-14(18)10-20-15(19)11-4-2-1-3-5-11/h1-9H,10H2,(H,17,18). The van der Waals surface area contributed by atoms with Gasteiger partial charge in [-0.05, 0) is 0 Å². The number of halogens is 1. The molecule has 0 aliphatic rings. The van der Waals surface area contributed by atoms with E-state index in [1.165, 1.54) is 0 Å². The Morgan fingerprint density at radius 1 is 1.00 bits per heavy atom. The molecular formula is C15H12BrNO2Se. The molecule has 0 fully saturated rings. The third-order valence-electron chi connectivity index (χ3n) is 2.47. The van der Waals surface area contributed by atoms with E-state index in [-0.39, 0.29) is 30.9 Å². The van der Waals surface area contributed by atoms with Crippen molar-refractivity contribution in [2.75, 3.05) is 5.32 Å². The molecular weight excluding hydrogens is 385 g/mol. The van der Waals surface area contributed by atoms with Crippen LogP contribution in [0.25, 0.3) is 0 Å². The van der Waals surface area contributed by atoms with Crippen LogP contribution >= 0.6 is 15.9 Å². The molecule has 0 unspecified atom stereocenters. The molecule has 1 amide bonds. The average Bonchev–Trinajstić information content (AvgIpc) is 2.48. The normalized spacial score (nSPS) is 10.1. The Balaban J connectivity index is 1.83. The summed E-state index contributed by atoms with van der Waals surface area (Å²) in [5.74, 6) is -0.128. The molecule has 0 heterocycles. The first-order valence-corrected chi connectivity index (χ1v) is 8.79. The Labute approximate surface area is 132 Å². The topological polar surface area (TPSA) is 46.2 Å². The first-order chi connectivity index (χ1) is 9.65. The molecule has 0 saturated heterocycles. The molecule has 3 nitrogen and oxygen atoms in total. The molecule has 20 heavy (non-hydrogen) atoms. The second-order valence-electron chi connectivity index (χ2n) is 4.00. The van der Waals surface area contributed by atoms with Gasteiger partial charge in [0.05, 0.1) is 0 Å². The van der Waals surface area contributed by atoms with E-state index in [0.29, 0.717) is 5.56 Å². The van der Waals surface area contributed by atoms with E-state index in [9.17, 15) is 9.59 Å². The fraction of sp³-hybridized carbons (Fsp3) is 0.0667. The first-order valence-electron chi connectivity index (χ1n) is 5.93. The van der Waals surface area contributed by atoms with Crippen molar-refractivity contribution < 1.29 is 9.59 Å². The van der Waals surface area contributed by atoms with E-state index in [0.717, 1.165) is 10.2 Å². The fourth-order valence-corrected chi connectivity index (χ4v) is 3.12. The van der Waals surface area contributed by atoms with E-state index in [1.54, 1.807) is 12.1 Å². The number of hydrogen-bond donors (Lipinski definition) is 1. The van der Waals surface area contributed by atoms with Crippen LogP contribution in [-0.2, 0) is 4.79 Å². The van der Waals surface area contributed by atoms with Crippen LogP contribution in [0.4, 0.5) is 5.69 Å². The molecule has 0 bridgehead atoms. The third-order valence-corrected chi connectivity index (χ3v) is 4.90. The molecule has 2 aromatic rings. The number of rotatable bonds is 5. The molecule has 0 spiro atoms. The van der Waals surface area contributed by atoms with Crippen molar-refractivity contribution in [2.24, 2.45) is 0 Å². The summed E-state index contributed by atoms with van der Waals surface area (Å²) in [5, 5.41) is 3.03. The molecule has 1 N–H and O–H groups in total. The third kappa shape index (κ3) is 4.60. The van der Waals surface area contributed by atoms with Crippen LogP contribution in [0.2, 0.25) is 5.32 Å². The van der Waals surface area contributed by atoms with Gasteiger partial charge < -0.3 is 0 Å². The Kier molecular flexibility index (Phi) is 5.53. The summed E-state index contributed by atoms with van der Waals surface area (Å²) in [6.45, 7) is 0. The van der Waals surface area contributed by atoms with Crippen LogP contribution in [0.3, 0.4) is 0 Å². The van der Waals surface area contributed by atoms with Crippen molar-refractivity contribution >= 4 is 47.2 Å². The summed E-state index contributed by atoms with van der Waals surface area (Å²) in [6.07, 6.45) is 0. The van der Waals surface area contributed by atoms with Gasteiger partial charge >= 0.3 is 132 Å². The van der Waals surface area contributed by atoms with E-state index < -0.39 is 0 Å². The molecule has 2 aromatic carbocycles. The van der Waals surface area contributed by atoms with Gasteiger partial charge in [-0.3, -0.25) is 0 Å². The van der Waals surface area contributed by atoms with E-state index in [4.69, 9.17) is 0 Å². The minimum atomic E-state index is -0.374. The first kappa shape index (κ1) is 15.0. The molecule has 2 rings (SSSR count). The van der Waals surface area contributed by atoms with E-state index >= 15 is 0 Å². The molecule has 0 radical (unpaired) electrons. The van der Waals surface area contributed by atoms with Crippen LogP contribution in [-0.4, -0.2) is 25.5 Å². The van der Waals surface area contributed by atoms with Gasteiger partial charge in [-0.15, -0.1) is 0 Å². The monoisotopic (exact) mass is 397 g/mol. The molecule has 0 aliphatic carbocycles. The van der Waals surface area contributed by atoms with Gasteiger partial charge in [0.2, 0.25) is 0 Å². The predicted molar refractivity (Wildman–Crippen MR) is 84.1 cm³/mol. The number of carbonyl (C=O) groups excluding carboxylic acids is 2. The maximum absolute atomic E-state index is 11.9.